The minimum absolute atomic E-state index is 0.302. The van der Waals surface area contributed by atoms with Crippen molar-refractivity contribution < 1.29 is 10.2 Å². The molecular formula is C15H32O2S6. The Bertz CT molecular complexity index is 222. The van der Waals surface area contributed by atoms with E-state index in [2.05, 4.69) is 37.4 Å². The first kappa shape index (κ1) is 25.0. The Morgan fingerprint density at radius 3 is 1.17 bits per heavy atom. The second kappa shape index (κ2) is 18.8. The molecule has 0 aromatic heterocycles. The lowest BCUT2D eigenvalue weighted by atomic mass is 10.5. The number of aliphatic hydroxyl groups is 2. The van der Waals surface area contributed by atoms with Gasteiger partial charge >= 0.3 is 0 Å². The van der Waals surface area contributed by atoms with E-state index in [1.54, 1.807) is 0 Å². The Balaban J connectivity index is 3.33. The van der Waals surface area contributed by atoms with E-state index >= 15 is 0 Å². The molecule has 0 amide bonds. The van der Waals surface area contributed by atoms with Crippen LogP contribution in [0.3, 0.4) is 0 Å². The molecule has 0 heterocycles. The number of rotatable bonds is 18. The van der Waals surface area contributed by atoms with Crippen molar-refractivity contribution in [1.29, 1.82) is 0 Å². The fourth-order valence-corrected chi connectivity index (χ4v) is 7.89. The highest BCUT2D eigenvalue weighted by Gasteiger charge is 2.18. The molecule has 0 fully saturated rings. The second-order valence-corrected chi connectivity index (χ2v) is 13.6. The monoisotopic (exact) mass is 436 g/mol. The molecule has 0 aliphatic heterocycles. The number of aliphatic hydroxyl groups excluding tert-OH is 2. The summed E-state index contributed by atoms with van der Waals surface area (Å²) in [4.78, 5) is 0. The molecule has 2 nitrogen and oxygen atoms in total. The zero-order valence-corrected chi connectivity index (χ0v) is 19.2. The van der Waals surface area contributed by atoms with Gasteiger partial charge in [-0.3, -0.25) is 0 Å². The highest BCUT2D eigenvalue weighted by molar-refractivity contribution is 8.18. The van der Waals surface area contributed by atoms with Crippen LogP contribution in [0.25, 0.3) is 0 Å². The molecule has 0 saturated carbocycles. The molecule has 8 heteroatoms. The summed E-state index contributed by atoms with van der Waals surface area (Å²) < 4.78 is 0.318. The molecule has 0 rings (SSSR count). The number of hydrogen-bond donors (Lipinski definition) is 2. The van der Waals surface area contributed by atoms with Crippen molar-refractivity contribution in [2.24, 2.45) is 0 Å². The molecule has 0 bridgehead atoms. The minimum atomic E-state index is 0.302. The molecule has 0 aliphatic carbocycles. The Hall–Kier alpha value is 2.02. The van der Waals surface area contributed by atoms with Gasteiger partial charge in [0.15, 0.2) is 0 Å². The molecule has 0 radical (unpaired) electrons. The predicted molar refractivity (Wildman–Crippen MR) is 122 cm³/mol. The van der Waals surface area contributed by atoms with Crippen LogP contribution in [0, 0.1) is 0 Å². The average molecular weight is 437 g/mol. The summed E-state index contributed by atoms with van der Waals surface area (Å²) in [5, 5.41) is 17.4. The van der Waals surface area contributed by atoms with Crippen LogP contribution in [0.5, 0.6) is 0 Å². The summed E-state index contributed by atoms with van der Waals surface area (Å²) >= 11 is 11.9. The lowest BCUT2D eigenvalue weighted by Gasteiger charge is -2.23. The van der Waals surface area contributed by atoms with E-state index in [1.165, 1.54) is 34.5 Å². The average Bonchev–Trinajstić information content (AvgIpc) is 2.52. The minimum Gasteiger partial charge on any atom is -0.396 e. The molecule has 0 aromatic rings. The van der Waals surface area contributed by atoms with Crippen LogP contribution >= 0.6 is 70.6 Å². The third kappa shape index (κ3) is 20.2. The highest BCUT2D eigenvalue weighted by Crippen LogP contribution is 2.36. The molecule has 0 saturated heterocycles. The van der Waals surface area contributed by atoms with Gasteiger partial charge in [0.05, 0.1) is 17.3 Å². The first-order chi connectivity index (χ1) is 11.1. The summed E-state index contributed by atoms with van der Waals surface area (Å²) in [5.74, 6) is 11.3. The maximum Gasteiger partial charge on any atom is 0.0555 e. The molecule has 0 unspecified atom stereocenters. The Morgan fingerprint density at radius 1 is 0.522 bits per heavy atom. The van der Waals surface area contributed by atoms with Crippen molar-refractivity contribution in [3.63, 3.8) is 0 Å². The standard InChI is InChI=1S/C15H32O2S6/c1-15(2,22-13-11-20-9-7-18-5-3-16)23-14-12-21-10-8-19-6-4-17/h16-17H,3-14H2,1-2H3. The van der Waals surface area contributed by atoms with Crippen LogP contribution in [0.4, 0.5) is 0 Å². The van der Waals surface area contributed by atoms with Crippen molar-refractivity contribution in [1.82, 2.24) is 0 Å². The van der Waals surface area contributed by atoms with Gasteiger partial charge in [0.1, 0.15) is 0 Å². The van der Waals surface area contributed by atoms with Crippen molar-refractivity contribution >= 4 is 70.6 Å². The van der Waals surface area contributed by atoms with Crippen molar-refractivity contribution in [3.05, 3.63) is 0 Å². The molecule has 0 spiro atoms. The molecule has 2 N–H and O–H groups in total. The van der Waals surface area contributed by atoms with E-state index in [0.29, 0.717) is 17.3 Å². The van der Waals surface area contributed by atoms with Crippen molar-refractivity contribution in [2.45, 2.75) is 17.9 Å². The summed E-state index contributed by atoms with van der Waals surface area (Å²) in [6, 6.07) is 0. The third-order valence-corrected chi connectivity index (χ3v) is 10.4. The highest BCUT2D eigenvalue weighted by atomic mass is 32.2. The maximum absolute atomic E-state index is 8.70. The quantitative estimate of drug-likeness (QED) is 0.246. The van der Waals surface area contributed by atoms with Gasteiger partial charge in [-0.25, -0.2) is 0 Å². The van der Waals surface area contributed by atoms with E-state index in [1.807, 2.05) is 47.0 Å². The summed E-state index contributed by atoms with van der Waals surface area (Å²) in [5.41, 5.74) is 0. The van der Waals surface area contributed by atoms with Gasteiger partial charge in [0, 0.05) is 57.5 Å². The topological polar surface area (TPSA) is 40.5 Å². The SMILES string of the molecule is CC(C)(SCCSCCSCCO)SCCSCCSCCO. The second-order valence-electron chi connectivity index (χ2n) is 4.99. The van der Waals surface area contributed by atoms with Gasteiger partial charge in [0.2, 0.25) is 0 Å². The van der Waals surface area contributed by atoms with Crippen molar-refractivity contribution in [2.75, 3.05) is 70.7 Å². The van der Waals surface area contributed by atoms with Gasteiger partial charge in [0.25, 0.3) is 0 Å². The smallest absolute Gasteiger partial charge is 0.0555 e. The van der Waals surface area contributed by atoms with Crippen LogP contribution in [0.15, 0.2) is 0 Å². The number of thioether (sulfide) groups is 6. The van der Waals surface area contributed by atoms with Gasteiger partial charge in [-0.05, 0) is 13.8 Å². The van der Waals surface area contributed by atoms with E-state index in [9.17, 15) is 0 Å². The van der Waals surface area contributed by atoms with E-state index < -0.39 is 0 Å². The maximum atomic E-state index is 8.70. The van der Waals surface area contributed by atoms with Crippen LogP contribution < -0.4 is 0 Å². The summed E-state index contributed by atoms with van der Waals surface area (Å²) in [6.07, 6.45) is 0. The Morgan fingerprint density at radius 2 is 0.826 bits per heavy atom. The molecular weight excluding hydrogens is 405 g/mol. The van der Waals surface area contributed by atoms with E-state index in [0.717, 1.165) is 23.0 Å². The van der Waals surface area contributed by atoms with Crippen molar-refractivity contribution in [3.8, 4) is 0 Å². The van der Waals surface area contributed by atoms with Gasteiger partial charge in [-0.15, -0.1) is 23.5 Å². The zero-order valence-electron chi connectivity index (χ0n) is 14.3. The fraction of sp³-hybridized carbons (Fsp3) is 1.00. The Labute approximate surface area is 168 Å². The normalized spacial score (nSPS) is 12.0. The summed E-state index contributed by atoms with van der Waals surface area (Å²) in [7, 11) is 0. The third-order valence-electron chi connectivity index (χ3n) is 2.57. The van der Waals surface area contributed by atoms with E-state index in [4.69, 9.17) is 10.2 Å². The Kier molecular flexibility index (Phi) is 20.5. The largest absolute Gasteiger partial charge is 0.396 e. The summed E-state index contributed by atoms with van der Waals surface area (Å²) in [6.45, 7) is 5.28. The van der Waals surface area contributed by atoms with Crippen LogP contribution in [0.1, 0.15) is 13.8 Å². The van der Waals surface area contributed by atoms with Crippen LogP contribution in [-0.2, 0) is 0 Å². The number of hydrogen-bond acceptors (Lipinski definition) is 8. The predicted octanol–water partition coefficient (Wildman–Crippen LogP) is 4.11. The molecule has 0 aromatic carbocycles. The zero-order chi connectivity index (χ0) is 17.2. The lowest BCUT2D eigenvalue weighted by molar-refractivity contribution is 0.322. The first-order valence-electron chi connectivity index (χ1n) is 7.93. The molecule has 0 atom stereocenters. The van der Waals surface area contributed by atoms with Crippen LogP contribution in [-0.4, -0.2) is 85.0 Å². The van der Waals surface area contributed by atoms with Gasteiger partial charge in [-0.1, -0.05) is 0 Å². The van der Waals surface area contributed by atoms with Gasteiger partial charge in [-0.2, -0.15) is 47.0 Å². The molecule has 140 valence electrons. The van der Waals surface area contributed by atoms with Gasteiger partial charge < -0.3 is 10.2 Å². The molecule has 23 heavy (non-hydrogen) atoms. The fourth-order valence-electron chi connectivity index (χ4n) is 1.51. The lowest BCUT2D eigenvalue weighted by Crippen LogP contribution is -2.12. The van der Waals surface area contributed by atoms with Crippen LogP contribution in [0.2, 0.25) is 0 Å². The first-order valence-corrected chi connectivity index (χ1v) is 14.5. The van der Waals surface area contributed by atoms with E-state index in [-0.39, 0.29) is 0 Å². The molecule has 0 aliphatic rings.